The van der Waals surface area contributed by atoms with E-state index in [1.165, 1.54) is 0 Å². The maximum atomic E-state index is 13.8. The van der Waals surface area contributed by atoms with Crippen LogP contribution in [0.2, 0.25) is 0 Å². The Morgan fingerprint density at radius 1 is 1.06 bits per heavy atom. The average molecular weight is 461 g/mol. The molecule has 0 bridgehead atoms. The van der Waals surface area contributed by atoms with E-state index in [1.807, 2.05) is 73.3 Å². The number of hydrogen-bond donors (Lipinski definition) is 1. The lowest BCUT2D eigenvalue weighted by Gasteiger charge is -2.35. The van der Waals surface area contributed by atoms with E-state index >= 15 is 0 Å². The monoisotopic (exact) mass is 460 g/mol. The normalized spacial score (nSPS) is 12.1. The molecule has 0 spiro atoms. The lowest BCUT2D eigenvalue weighted by Crippen LogP contribution is -2.41. The maximum Gasteiger partial charge on any atom is 0.257 e. The molecule has 3 rings (SSSR count). The van der Waals surface area contributed by atoms with Crippen LogP contribution < -0.4 is 11.3 Å². The summed E-state index contributed by atoms with van der Waals surface area (Å²) in [6, 6.07) is 17.2. The Bertz CT molecular complexity index is 1170. The molecular formula is C28H36N4O2. The van der Waals surface area contributed by atoms with Gasteiger partial charge >= 0.3 is 0 Å². The van der Waals surface area contributed by atoms with Gasteiger partial charge in [0.15, 0.2) is 0 Å². The van der Waals surface area contributed by atoms with Crippen molar-refractivity contribution < 1.29 is 4.79 Å². The molecule has 0 radical (unpaired) electrons. The summed E-state index contributed by atoms with van der Waals surface area (Å²) in [5, 5.41) is 0. The molecule has 6 heteroatoms. The van der Waals surface area contributed by atoms with Crippen molar-refractivity contribution in [1.29, 1.82) is 0 Å². The van der Waals surface area contributed by atoms with Crippen molar-refractivity contribution in [2.45, 2.75) is 46.6 Å². The van der Waals surface area contributed by atoms with E-state index in [0.717, 1.165) is 11.1 Å². The topological polar surface area (TPSA) is 81.2 Å². The summed E-state index contributed by atoms with van der Waals surface area (Å²) in [6.45, 7) is 8.95. The molecule has 2 N–H and O–H groups in total. The second-order valence-corrected chi connectivity index (χ2v) is 9.25. The van der Waals surface area contributed by atoms with Crippen LogP contribution >= 0.6 is 0 Å². The van der Waals surface area contributed by atoms with E-state index < -0.39 is 0 Å². The third kappa shape index (κ3) is 5.62. The van der Waals surface area contributed by atoms with Crippen LogP contribution in [0.5, 0.6) is 0 Å². The second kappa shape index (κ2) is 11.3. The Morgan fingerprint density at radius 2 is 1.71 bits per heavy atom. The van der Waals surface area contributed by atoms with E-state index in [4.69, 9.17) is 10.7 Å². The van der Waals surface area contributed by atoms with Crippen molar-refractivity contribution in [3.63, 3.8) is 0 Å². The van der Waals surface area contributed by atoms with Crippen LogP contribution in [0.4, 0.5) is 0 Å². The summed E-state index contributed by atoms with van der Waals surface area (Å²) in [7, 11) is 1.75. The number of nitrogens with zero attached hydrogens (tertiary/aromatic N) is 3. The molecular weight excluding hydrogens is 424 g/mol. The molecule has 1 unspecified atom stereocenters. The van der Waals surface area contributed by atoms with Crippen molar-refractivity contribution >= 4 is 5.91 Å². The van der Waals surface area contributed by atoms with Crippen LogP contribution in [0.1, 0.15) is 64.9 Å². The van der Waals surface area contributed by atoms with E-state index in [0.29, 0.717) is 48.6 Å². The van der Waals surface area contributed by atoms with Crippen LogP contribution in [-0.4, -0.2) is 33.4 Å². The number of hydrogen-bond acceptors (Lipinski definition) is 4. The third-order valence-electron chi connectivity index (χ3n) is 6.27. The average Bonchev–Trinajstić information content (AvgIpc) is 2.82. The number of aromatic nitrogens is 2. The zero-order chi connectivity index (χ0) is 24.8. The predicted molar refractivity (Wildman–Crippen MR) is 137 cm³/mol. The quantitative estimate of drug-likeness (QED) is 0.519. The number of benzene rings is 2. The van der Waals surface area contributed by atoms with Gasteiger partial charge in [0.1, 0.15) is 5.82 Å². The molecule has 180 valence electrons. The summed E-state index contributed by atoms with van der Waals surface area (Å²) < 4.78 is 1.59. The summed E-state index contributed by atoms with van der Waals surface area (Å²) in [5.74, 6) is 0.600. The molecule has 1 heterocycles. The zero-order valence-electron chi connectivity index (χ0n) is 20.9. The summed E-state index contributed by atoms with van der Waals surface area (Å²) in [5.41, 5.74) is 9.84. The van der Waals surface area contributed by atoms with Gasteiger partial charge < -0.3 is 10.6 Å². The van der Waals surface area contributed by atoms with Gasteiger partial charge in [-0.3, -0.25) is 14.2 Å². The molecule has 6 nitrogen and oxygen atoms in total. The van der Waals surface area contributed by atoms with Crippen molar-refractivity contribution in [2.24, 2.45) is 18.7 Å². The van der Waals surface area contributed by atoms with Gasteiger partial charge in [-0.05, 0) is 50.4 Å². The van der Waals surface area contributed by atoms with Gasteiger partial charge in [0.2, 0.25) is 0 Å². The minimum atomic E-state index is -0.355. The van der Waals surface area contributed by atoms with Gasteiger partial charge in [0.25, 0.3) is 11.5 Å². The van der Waals surface area contributed by atoms with E-state index in [9.17, 15) is 9.59 Å². The Labute approximate surface area is 202 Å². The SMILES string of the molecule is Cc1ccc(C(=O)N(CCCN)C(c2nc(C)n(C)c(=O)c2Cc2ccccc2)C(C)C)cc1. The molecule has 3 aromatic rings. The van der Waals surface area contributed by atoms with Crippen molar-refractivity contribution in [3.8, 4) is 0 Å². The Kier molecular flexibility index (Phi) is 8.40. The molecule has 1 amide bonds. The smallest absolute Gasteiger partial charge is 0.257 e. The largest absolute Gasteiger partial charge is 0.330 e. The fourth-order valence-corrected chi connectivity index (χ4v) is 4.30. The van der Waals surface area contributed by atoms with Crippen LogP contribution in [0.3, 0.4) is 0 Å². The molecule has 0 aliphatic heterocycles. The number of nitrogens with two attached hydrogens (primary N) is 1. The molecule has 1 atom stereocenters. The first kappa shape index (κ1) is 25.4. The summed E-state index contributed by atoms with van der Waals surface area (Å²) in [6.07, 6.45) is 1.13. The second-order valence-electron chi connectivity index (χ2n) is 9.25. The highest BCUT2D eigenvalue weighted by Gasteiger charge is 2.32. The molecule has 0 aliphatic carbocycles. The lowest BCUT2D eigenvalue weighted by molar-refractivity contribution is 0.0613. The molecule has 0 saturated carbocycles. The standard InChI is InChI=1S/C28H36N4O2/c1-19(2)26(32(17-9-16-29)27(33)23-14-12-20(3)13-15-23)25-24(18-22-10-7-6-8-11-22)28(34)31(5)21(4)30-25/h6-8,10-15,19,26H,9,16-18,29H2,1-5H3. The summed E-state index contributed by atoms with van der Waals surface area (Å²) in [4.78, 5) is 34.0. The van der Waals surface area contributed by atoms with E-state index in [2.05, 4.69) is 13.8 Å². The minimum Gasteiger partial charge on any atom is -0.330 e. The number of amides is 1. The van der Waals surface area contributed by atoms with Crippen LogP contribution in [0.15, 0.2) is 59.4 Å². The fourth-order valence-electron chi connectivity index (χ4n) is 4.30. The minimum absolute atomic E-state index is 0.0423. The lowest BCUT2D eigenvalue weighted by atomic mass is 9.92. The Hall–Kier alpha value is -3.25. The third-order valence-corrected chi connectivity index (χ3v) is 6.27. The first-order chi connectivity index (χ1) is 16.2. The van der Waals surface area contributed by atoms with Crippen LogP contribution in [0, 0.1) is 19.8 Å². The summed E-state index contributed by atoms with van der Waals surface area (Å²) >= 11 is 0. The first-order valence-corrected chi connectivity index (χ1v) is 11.9. The predicted octanol–water partition coefficient (Wildman–Crippen LogP) is 4.18. The number of carbonyl (C=O) groups is 1. The fraction of sp³-hybridized carbons (Fsp3) is 0.393. The Balaban J connectivity index is 2.17. The molecule has 34 heavy (non-hydrogen) atoms. The van der Waals surface area contributed by atoms with Gasteiger partial charge in [0, 0.05) is 31.1 Å². The van der Waals surface area contributed by atoms with E-state index in [1.54, 1.807) is 11.6 Å². The maximum absolute atomic E-state index is 13.8. The van der Waals surface area contributed by atoms with Crippen LogP contribution in [-0.2, 0) is 13.5 Å². The van der Waals surface area contributed by atoms with E-state index in [-0.39, 0.29) is 23.4 Å². The molecule has 0 fully saturated rings. The van der Waals surface area contributed by atoms with Gasteiger partial charge in [-0.1, -0.05) is 61.9 Å². The van der Waals surface area contributed by atoms with Gasteiger partial charge in [-0.15, -0.1) is 0 Å². The van der Waals surface area contributed by atoms with Gasteiger partial charge in [-0.25, -0.2) is 4.98 Å². The highest BCUT2D eigenvalue weighted by molar-refractivity contribution is 5.94. The van der Waals surface area contributed by atoms with Crippen LogP contribution in [0.25, 0.3) is 0 Å². The highest BCUT2D eigenvalue weighted by Crippen LogP contribution is 2.31. The highest BCUT2D eigenvalue weighted by atomic mass is 16.2. The number of rotatable bonds is 9. The van der Waals surface area contributed by atoms with Crippen molar-refractivity contribution in [3.05, 3.63) is 98.7 Å². The molecule has 1 aromatic heterocycles. The first-order valence-electron chi connectivity index (χ1n) is 11.9. The molecule has 2 aromatic carbocycles. The zero-order valence-corrected chi connectivity index (χ0v) is 20.9. The van der Waals surface area contributed by atoms with Gasteiger partial charge in [0.05, 0.1) is 11.7 Å². The van der Waals surface area contributed by atoms with Crippen molar-refractivity contribution in [2.75, 3.05) is 13.1 Å². The van der Waals surface area contributed by atoms with Crippen molar-refractivity contribution in [1.82, 2.24) is 14.5 Å². The van der Waals surface area contributed by atoms with Gasteiger partial charge in [-0.2, -0.15) is 0 Å². The molecule has 0 aliphatic rings. The molecule has 0 saturated heterocycles. The number of carbonyl (C=O) groups excluding carboxylic acids is 1. The Morgan fingerprint density at radius 3 is 2.29 bits per heavy atom. The number of aryl methyl sites for hydroxylation is 2.